The Kier molecular flexibility index (Phi) is 6.30. The molecule has 0 radical (unpaired) electrons. The van der Waals surface area contributed by atoms with Gasteiger partial charge in [0.2, 0.25) is 0 Å². The maximum Gasteiger partial charge on any atom is 0.508 e. The van der Waals surface area contributed by atoms with Crippen molar-refractivity contribution in [3.8, 4) is 0 Å². The topological polar surface area (TPSA) is 131 Å². The van der Waals surface area contributed by atoms with E-state index in [4.69, 9.17) is 25.4 Å². The van der Waals surface area contributed by atoms with E-state index < -0.39 is 24.3 Å². The second kappa shape index (κ2) is 6.80. The predicted molar refractivity (Wildman–Crippen MR) is 73.4 cm³/mol. The smallest absolute Gasteiger partial charge is 0.479 e. The molecule has 0 bridgehead atoms. The Morgan fingerprint density at radius 3 is 1.90 bits per heavy atom. The Hall–Kier alpha value is -1.48. The third-order valence-corrected chi connectivity index (χ3v) is 2.81. The van der Waals surface area contributed by atoms with E-state index in [2.05, 4.69) is 4.98 Å². The molecule has 0 saturated heterocycles. The van der Waals surface area contributed by atoms with Gasteiger partial charge in [-0.2, -0.15) is 0 Å². The van der Waals surface area contributed by atoms with E-state index in [1.807, 2.05) is 6.92 Å². The van der Waals surface area contributed by atoms with Gasteiger partial charge in [0, 0.05) is 6.20 Å². The number of aliphatic hydroxyl groups is 2. The quantitative estimate of drug-likeness (QED) is 0.434. The zero-order chi connectivity index (χ0) is 16.1. The molecule has 5 N–H and O–H groups in total. The SMILES string of the molecule is CC(C)(O)C(C)(O)C(=O)O.Cc1ccc(B(O)O)nc1. The van der Waals surface area contributed by atoms with Gasteiger partial charge >= 0.3 is 13.1 Å². The minimum Gasteiger partial charge on any atom is -0.479 e. The molecule has 1 atom stereocenters. The van der Waals surface area contributed by atoms with Crippen LogP contribution in [-0.4, -0.2) is 54.6 Å². The van der Waals surface area contributed by atoms with Gasteiger partial charge < -0.3 is 25.4 Å². The monoisotopic (exact) mass is 285 g/mol. The van der Waals surface area contributed by atoms with Crippen LogP contribution in [0.2, 0.25) is 0 Å². The number of pyridine rings is 1. The predicted octanol–water partition coefficient (Wildman–Crippen LogP) is -1.34. The normalized spacial score (nSPS) is 13.8. The molecule has 0 aliphatic carbocycles. The number of carbonyl (C=O) groups is 1. The molecule has 1 rings (SSSR count). The van der Waals surface area contributed by atoms with Crippen LogP contribution in [-0.2, 0) is 4.79 Å². The third kappa shape index (κ3) is 5.26. The molecule has 0 fully saturated rings. The Labute approximate surface area is 117 Å². The van der Waals surface area contributed by atoms with Crippen molar-refractivity contribution in [2.24, 2.45) is 0 Å². The van der Waals surface area contributed by atoms with Gasteiger partial charge in [-0.15, -0.1) is 0 Å². The summed E-state index contributed by atoms with van der Waals surface area (Å²) in [5, 5.41) is 43.7. The lowest BCUT2D eigenvalue weighted by atomic mass is 9.85. The summed E-state index contributed by atoms with van der Waals surface area (Å²) in [4.78, 5) is 14.0. The van der Waals surface area contributed by atoms with Crippen molar-refractivity contribution in [2.75, 3.05) is 0 Å². The molecule has 0 amide bonds. The molecule has 112 valence electrons. The molecule has 1 unspecified atom stereocenters. The van der Waals surface area contributed by atoms with E-state index in [1.54, 1.807) is 18.3 Å². The number of nitrogens with zero attached hydrogens (tertiary/aromatic N) is 1. The van der Waals surface area contributed by atoms with Crippen LogP contribution in [0.4, 0.5) is 0 Å². The molecule has 7 nitrogen and oxygen atoms in total. The van der Waals surface area contributed by atoms with E-state index in [9.17, 15) is 4.79 Å². The standard InChI is InChI=1S/C6H8BNO2.C6H12O4/c1-5-2-3-6(7(9)10)8-4-5;1-5(2,9)6(3,10)4(7)8/h2-4,9-10H,1H3;9-10H,1-3H3,(H,7,8). The summed E-state index contributed by atoms with van der Waals surface area (Å²) in [5.74, 6) is -1.43. The zero-order valence-corrected chi connectivity index (χ0v) is 11.9. The summed E-state index contributed by atoms with van der Waals surface area (Å²) in [6.07, 6.45) is 1.59. The van der Waals surface area contributed by atoms with Gasteiger partial charge in [-0.1, -0.05) is 6.07 Å². The van der Waals surface area contributed by atoms with Crippen LogP contribution in [0.25, 0.3) is 0 Å². The lowest BCUT2D eigenvalue weighted by molar-refractivity contribution is -0.181. The summed E-state index contributed by atoms with van der Waals surface area (Å²) in [6, 6.07) is 3.36. The fourth-order valence-electron chi connectivity index (χ4n) is 0.894. The lowest BCUT2D eigenvalue weighted by Crippen LogP contribution is -2.53. The number of carboxylic acids is 1. The van der Waals surface area contributed by atoms with Crippen molar-refractivity contribution in [1.29, 1.82) is 0 Å². The van der Waals surface area contributed by atoms with Gasteiger partial charge in [-0.3, -0.25) is 4.98 Å². The first-order valence-corrected chi connectivity index (χ1v) is 5.86. The Bertz CT molecular complexity index is 438. The molecule has 1 heterocycles. The van der Waals surface area contributed by atoms with Crippen molar-refractivity contribution in [1.82, 2.24) is 4.98 Å². The molecule has 1 aromatic heterocycles. The fourth-order valence-corrected chi connectivity index (χ4v) is 0.894. The largest absolute Gasteiger partial charge is 0.508 e. The minimum absolute atomic E-state index is 0.283. The molecule has 8 heteroatoms. The van der Waals surface area contributed by atoms with Gasteiger partial charge in [0.1, 0.15) is 0 Å². The highest BCUT2D eigenvalue weighted by Crippen LogP contribution is 2.20. The summed E-state index contributed by atoms with van der Waals surface area (Å²) in [5.41, 5.74) is -2.43. The maximum absolute atomic E-state index is 10.3. The third-order valence-electron chi connectivity index (χ3n) is 2.81. The van der Waals surface area contributed by atoms with Crippen LogP contribution in [0.5, 0.6) is 0 Å². The zero-order valence-electron chi connectivity index (χ0n) is 11.9. The summed E-state index contributed by atoms with van der Waals surface area (Å²) >= 11 is 0. The number of hydrogen-bond donors (Lipinski definition) is 5. The van der Waals surface area contributed by atoms with Crippen molar-refractivity contribution in [3.05, 3.63) is 23.9 Å². The van der Waals surface area contributed by atoms with E-state index in [-0.39, 0.29) is 5.59 Å². The van der Waals surface area contributed by atoms with Crippen LogP contribution in [0.15, 0.2) is 18.3 Å². The minimum atomic E-state index is -2.09. The maximum atomic E-state index is 10.3. The highest BCUT2D eigenvalue weighted by molar-refractivity contribution is 6.57. The van der Waals surface area contributed by atoms with Crippen molar-refractivity contribution < 1.29 is 30.2 Å². The van der Waals surface area contributed by atoms with Crippen LogP contribution in [0.3, 0.4) is 0 Å². The highest BCUT2D eigenvalue weighted by atomic mass is 16.4. The molecule has 0 aromatic carbocycles. The molecule has 1 aromatic rings. The lowest BCUT2D eigenvalue weighted by Gasteiger charge is -2.30. The number of aryl methyl sites for hydroxylation is 1. The molecular weight excluding hydrogens is 265 g/mol. The average Bonchev–Trinajstić information content (AvgIpc) is 2.28. The number of aliphatic carboxylic acids is 1. The first-order valence-electron chi connectivity index (χ1n) is 5.86. The van der Waals surface area contributed by atoms with Gasteiger partial charge in [-0.05, 0) is 39.3 Å². The molecule has 0 aliphatic rings. The Morgan fingerprint density at radius 2 is 1.70 bits per heavy atom. The first-order chi connectivity index (χ1) is 8.89. The van der Waals surface area contributed by atoms with Crippen LogP contribution in [0, 0.1) is 6.92 Å². The van der Waals surface area contributed by atoms with Crippen LogP contribution < -0.4 is 5.59 Å². The van der Waals surface area contributed by atoms with Crippen LogP contribution in [0.1, 0.15) is 26.3 Å². The Balaban J connectivity index is 0.000000361. The summed E-state index contributed by atoms with van der Waals surface area (Å²) in [7, 11) is -1.46. The van der Waals surface area contributed by atoms with Gasteiger partial charge in [0.15, 0.2) is 5.60 Å². The van der Waals surface area contributed by atoms with Crippen LogP contribution >= 0.6 is 0 Å². The van der Waals surface area contributed by atoms with Gasteiger partial charge in [-0.25, -0.2) is 4.79 Å². The second-order valence-corrected chi connectivity index (χ2v) is 5.07. The van der Waals surface area contributed by atoms with Gasteiger partial charge in [0.05, 0.1) is 11.2 Å². The molecule has 20 heavy (non-hydrogen) atoms. The average molecular weight is 285 g/mol. The molecule has 0 spiro atoms. The number of carboxylic acid groups (broad SMARTS) is 1. The first kappa shape index (κ1) is 18.5. The number of rotatable bonds is 3. The number of hydrogen-bond acceptors (Lipinski definition) is 6. The molecular formula is C12H20BNO6. The molecule has 0 saturated carbocycles. The molecule has 0 aliphatic heterocycles. The Morgan fingerprint density at radius 1 is 1.20 bits per heavy atom. The fraction of sp³-hybridized carbons (Fsp3) is 0.500. The second-order valence-electron chi connectivity index (χ2n) is 5.07. The highest BCUT2D eigenvalue weighted by Gasteiger charge is 2.44. The summed E-state index contributed by atoms with van der Waals surface area (Å²) < 4.78 is 0. The van der Waals surface area contributed by atoms with E-state index in [0.29, 0.717) is 0 Å². The van der Waals surface area contributed by atoms with Gasteiger partial charge in [0.25, 0.3) is 0 Å². The van der Waals surface area contributed by atoms with Crippen molar-refractivity contribution in [2.45, 2.75) is 38.9 Å². The van der Waals surface area contributed by atoms with Crippen molar-refractivity contribution >= 4 is 18.7 Å². The summed E-state index contributed by atoms with van der Waals surface area (Å²) in [6.45, 7) is 5.41. The van der Waals surface area contributed by atoms with E-state index in [0.717, 1.165) is 12.5 Å². The van der Waals surface area contributed by atoms with E-state index in [1.165, 1.54) is 13.8 Å². The number of aromatic nitrogens is 1. The van der Waals surface area contributed by atoms with Crippen molar-refractivity contribution in [3.63, 3.8) is 0 Å². The van der Waals surface area contributed by atoms with E-state index >= 15 is 0 Å².